The summed E-state index contributed by atoms with van der Waals surface area (Å²) in [7, 11) is 1.87. The average Bonchev–Trinajstić information content (AvgIpc) is 3.16. The number of aryl methyl sites for hydroxylation is 2. The summed E-state index contributed by atoms with van der Waals surface area (Å²) in [5.74, 6) is -0.00717. The molecular weight excluding hydrogens is 286 g/mol. The highest BCUT2D eigenvalue weighted by atomic mass is 32.1. The summed E-state index contributed by atoms with van der Waals surface area (Å²) in [4.78, 5) is 18.9. The first-order valence-electron chi connectivity index (χ1n) is 7.11. The SMILES string of the molecule is Cc1nc(-c2cc(C(=O)N3CCCC3CO)n(C)c2)cs1. The minimum atomic E-state index is -0.0441. The Morgan fingerprint density at radius 3 is 3.05 bits per heavy atom. The van der Waals surface area contributed by atoms with Gasteiger partial charge in [0.15, 0.2) is 0 Å². The highest BCUT2D eigenvalue weighted by Gasteiger charge is 2.30. The molecule has 3 rings (SSSR count). The van der Waals surface area contributed by atoms with Gasteiger partial charge in [-0.25, -0.2) is 4.98 Å². The molecule has 0 saturated carbocycles. The molecule has 0 aliphatic carbocycles. The lowest BCUT2D eigenvalue weighted by Gasteiger charge is -2.23. The van der Waals surface area contributed by atoms with Crippen LogP contribution in [0.15, 0.2) is 17.6 Å². The first-order valence-corrected chi connectivity index (χ1v) is 7.99. The van der Waals surface area contributed by atoms with Crippen molar-refractivity contribution in [3.63, 3.8) is 0 Å². The predicted octanol–water partition coefficient (Wildman–Crippen LogP) is 2.05. The smallest absolute Gasteiger partial charge is 0.270 e. The number of hydrogen-bond donors (Lipinski definition) is 1. The van der Waals surface area contributed by atoms with Gasteiger partial charge in [0.2, 0.25) is 0 Å². The maximum Gasteiger partial charge on any atom is 0.270 e. The van der Waals surface area contributed by atoms with E-state index in [1.54, 1.807) is 16.2 Å². The fourth-order valence-electron chi connectivity index (χ4n) is 2.85. The van der Waals surface area contributed by atoms with Crippen LogP contribution in [0.3, 0.4) is 0 Å². The molecule has 0 aromatic carbocycles. The number of rotatable bonds is 3. The van der Waals surface area contributed by atoms with Crippen LogP contribution >= 0.6 is 11.3 Å². The Kier molecular flexibility index (Phi) is 3.82. The highest BCUT2D eigenvalue weighted by molar-refractivity contribution is 7.09. The van der Waals surface area contributed by atoms with Crippen molar-refractivity contribution in [2.24, 2.45) is 7.05 Å². The summed E-state index contributed by atoms with van der Waals surface area (Å²) in [6.45, 7) is 2.73. The first-order chi connectivity index (χ1) is 10.1. The van der Waals surface area contributed by atoms with Crippen molar-refractivity contribution in [2.45, 2.75) is 25.8 Å². The van der Waals surface area contributed by atoms with Gasteiger partial charge < -0.3 is 14.6 Å². The summed E-state index contributed by atoms with van der Waals surface area (Å²) in [5, 5.41) is 12.4. The summed E-state index contributed by atoms with van der Waals surface area (Å²) < 4.78 is 1.85. The summed E-state index contributed by atoms with van der Waals surface area (Å²) in [5.41, 5.74) is 2.52. The Bertz CT molecular complexity index is 662. The van der Waals surface area contributed by atoms with Gasteiger partial charge in [0.25, 0.3) is 5.91 Å². The number of likely N-dealkylation sites (tertiary alicyclic amines) is 1. The molecule has 6 heteroatoms. The monoisotopic (exact) mass is 305 g/mol. The number of hydrogen-bond acceptors (Lipinski definition) is 4. The van der Waals surface area contributed by atoms with Crippen molar-refractivity contribution in [3.05, 3.63) is 28.3 Å². The Hall–Kier alpha value is -1.66. The summed E-state index contributed by atoms with van der Waals surface area (Å²) in [6.07, 6.45) is 3.77. The molecule has 2 aromatic heterocycles. The van der Waals surface area contributed by atoms with Crippen LogP contribution in [-0.4, -0.2) is 44.7 Å². The largest absolute Gasteiger partial charge is 0.394 e. The number of amides is 1. The van der Waals surface area contributed by atoms with Crippen LogP contribution in [0.2, 0.25) is 0 Å². The number of carbonyl (C=O) groups excluding carboxylic acids is 1. The second kappa shape index (κ2) is 5.61. The van der Waals surface area contributed by atoms with E-state index in [9.17, 15) is 9.90 Å². The van der Waals surface area contributed by atoms with Crippen molar-refractivity contribution in [2.75, 3.05) is 13.2 Å². The van der Waals surface area contributed by atoms with Crippen LogP contribution < -0.4 is 0 Å². The normalized spacial score (nSPS) is 18.4. The maximum atomic E-state index is 12.7. The quantitative estimate of drug-likeness (QED) is 0.944. The van der Waals surface area contributed by atoms with E-state index in [2.05, 4.69) is 4.98 Å². The molecule has 3 heterocycles. The number of nitrogens with zero attached hydrogens (tertiary/aromatic N) is 3. The van der Waals surface area contributed by atoms with Crippen molar-refractivity contribution in [3.8, 4) is 11.3 Å². The zero-order valence-corrected chi connectivity index (χ0v) is 13.1. The van der Waals surface area contributed by atoms with E-state index in [4.69, 9.17) is 0 Å². The van der Waals surface area contributed by atoms with Crippen LogP contribution in [0.4, 0.5) is 0 Å². The first kappa shape index (κ1) is 14.3. The topological polar surface area (TPSA) is 58.4 Å². The molecule has 1 saturated heterocycles. The molecular formula is C15H19N3O2S. The third-order valence-electron chi connectivity index (χ3n) is 3.99. The maximum absolute atomic E-state index is 12.7. The van der Waals surface area contributed by atoms with E-state index in [1.807, 2.05) is 36.2 Å². The third-order valence-corrected chi connectivity index (χ3v) is 4.76. The van der Waals surface area contributed by atoms with E-state index in [1.165, 1.54) is 0 Å². The molecule has 21 heavy (non-hydrogen) atoms. The minimum absolute atomic E-state index is 0.00717. The van der Waals surface area contributed by atoms with Gasteiger partial charge in [0.05, 0.1) is 23.4 Å². The molecule has 0 radical (unpaired) electrons. The number of aliphatic hydroxyl groups is 1. The molecule has 2 aromatic rings. The molecule has 112 valence electrons. The van der Waals surface area contributed by atoms with Crippen molar-refractivity contribution < 1.29 is 9.90 Å². The van der Waals surface area contributed by atoms with Crippen LogP contribution in [0.1, 0.15) is 28.3 Å². The fourth-order valence-corrected chi connectivity index (χ4v) is 3.48. The van der Waals surface area contributed by atoms with E-state index in [0.29, 0.717) is 5.69 Å². The molecule has 1 aliphatic heterocycles. The Morgan fingerprint density at radius 1 is 1.57 bits per heavy atom. The van der Waals surface area contributed by atoms with Gasteiger partial charge >= 0.3 is 0 Å². The standard InChI is InChI=1S/C15H19N3O2S/c1-10-16-13(9-21-10)11-6-14(17(2)7-11)15(20)18-5-3-4-12(18)8-19/h6-7,9,12,19H,3-5,8H2,1-2H3. The number of thiazole rings is 1. The molecule has 1 unspecified atom stereocenters. The second-order valence-corrected chi connectivity index (χ2v) is 6.52. The van der Waals surface area contributed by atoms with Gasteiger partial charge in [-0.2, -0.15) is 0 Å². The molecule has 1 amide bonds. The minimum Gasteiger partial charge on any atom is -0.394 e. The molecule has 0 bridgehead atoms. The van der Waals surface area contributed by atoms with Crippen molar-refractivity contribution in [1.29, 1.82) is 0 Å². The van der Waals surface area contributed by atoms with Crippen LogP contribution in [0, 0.1) is 6.92 Å². The van der Waals surface area contributed by atoms with Crippen LogP contribution in [0.5, 0.6) is 0 Å². The molecule has 1 atom stereocenters. The Balaban J connectivity index is 1.89. The fraction of sp³-hybridized carbons (Fsp3) is 0.467. The van der Waals surface area contributed by atoms with Gasteiger partial charge in [0.1, 0.15) is 5.69 Å². The summed E-state index contributed by atoms with van der Waals surface area (Å²) in [6, 6.07) is 1.85. The number of carbonyl (C=O) groups is 1. The summed E-state index contributed by atoms with van der Waals surface area (Å²) >= 11 is 1.60. The van der Waals surface area contributed by atoms with Gasteiger partial charge in [-0.05, 0) is 25.8 Å². The second-order valence-electron chi connectivity index (χ2n) is 5.45. The lowest BCUT2D eigenvalue weighted by Crippen LogP contribution is -2.38. The van der Waals surface area contributed by atoms with E-state index >= 15 is 0 Å². The van der Waals surface area contributed by atoms with E-state index in [0.717, 1.165) is 35.7 Å². The number of aromatic nitrogens is 2. The molecule has 1 fully saturated rings. The highest BCUT2D eigenvalue weighted by Crippen LogP contribution is 2.26. The number of aliphatic hydroxyl groups excluding tert-OH is 1. The van der Waals surface area contributed by atoms with Crippen molar-refractivity contribution >= 4 is 17.2 Å². The molecule has 1 N–H and O–H groups in total. The zero-order valence-electron chi connectivity index (χ0n) is 12.2. The third kappa shape index (κ3) is 2.61. The lowest BCUT2D eigenvalue weighted by molar-refractivity contribution is 0.0668. The van der Waals surface area contributed by atoms with Gasteiger partial charge in [-0.3, -0.25) is 4.79 Å². The molecule has 0 spiro atoms. The lowest BCUT2D eigenvalue weighted by atomic mass is 10.2. The zero-order chi connectivity index (χ0) is 15.0. The van der Waals surface area contributed by atoms with Crippen LogP contribution in [-0.2, 0) is 7.05 Å². The Morgan fingerprint density at radius 2 is 2.38 bits per heavy atom. The average molecular weight is 305 g/mol. The Labute approximate surface area is 127 Å². The van der Waals surface area contributed by atoms with Gasteiger partial charge in [-0.15, -0.1) is 11.3 Å². The van der Waals surface area contributed by atoms with Gasteiger partial charge in [0, 0.05) is 30.7 Å². The van der Waals surface area contributed by atoms with Crippen LogP contribution in [0.25, 0.3) is 11.3 Å². The van der Waals surface area contributed by atoms with Gasteiger partial charge in [-0.1, -0.05) is 0 Å². The van der Waals surface area contributed by atoms with Crippen molar-refractivity contribution in [1.82, 2.24) is 14.5 Å². The predicted molar refractivity (Wildman–Crippen MR) is 82.4 cm³/mol. The molecule has 1 aliphatic rings. The van der Waals surface area contributed by atoms with E-state index < -0.39 is 0 Å². The van der Waals surface area contributed by atoms with E-state index in [-0.39, 0.29) is 18.6 Å². The molecule has 5 nitrogen and oxygen atoms in total.